The molecule has 7 heteroatoms. The number of benzene rings is 2. The lowest BCUT2D eigenvalue weighted by Crippen LogP contribution is -2.12. The Hall–Kier alpha value is -2.56. The predicted molar refractivity (Wildman–Crippen MR) is 81.3 cm³/mol. The molecule has 0 unspecified atom stereocenters. The van der Waals surface area contributed by atoms with Crippen LogP contribution >= 0.6 is 0 Å². The molecule has 2 rings (SSSR count). The van der Waals surface area contributed by atoms with E-state index < -0.39 is 10.0 Å². The monoisotopic (exact) mass is 302 g/mol. The molecule has 0 aromatic heterocycles. The van der Waals surface area contributed by atoms with Gasteiger partial charge in [-0.15, -0.1) is 0 Å². The van der Waals surface area contributed by atoms with Gasteiger partial charge in [0.1, 0.15) is 0 Å². The fourth-order valence-corrected chi connectivity index (χ4v) is 2.41. The van der Waals surface area contributed by atoms with Crippen molar-refractivity contribution in [1.82, 2.24) is 0 Å². The van der Waals surface area contributed by atoms with Crippen LogP contribution in [0, 0.1) is 11.3 Å². The number of primary sulfonamides is 1. The normalized spacial score (nSPS) is 10.9. The summed E-state index contributed by atoms with van der Waals surface area (Å²) in [4.78, 5) is -0.0499. The maximum atomic E-state index is 11.4. The summed E-state index contributed by atoms with van der Waals surface area (Å²) in [5.41, 5.74) is 8.15. The van der Waals surface area contributed by atoms with E-state index in [0.717, 1.165) is 11.3 Å². The van der Waals surface area contributed by atoms with Crippen molar-refractivity contribution < 1.29 is 8.42 Å². The van der Waals surface area contributed by atoms with Gasteiger partial charge in [0.25, 0.3) is 0 Å². The van der Waals surface area contributed by atoms with E-state index in [1.807, 2.05) is 12.1 Å². The Morgan fingerprint density at radius 3 is 2.33 bits per heavy atom. The number of rotatable bonds is 4. The number of anilines is 3. The second-order valence-electron chi connectivity index (χ2n) is 4.49. The smallest absolute Gasteiger partial charge is 0.238 e. The molecule has 5 N–H and O–H groups in total. The van der Waals surface area contributed by atoms with Gasteiger partial charge < -0.3 is 11.1 Å². The van der Waals surface area contributed by atoms with E-state index in [9.17, 15) is 8.42 Å². The Morgan fingerprint density at radius 1 is 1.10 bits per heavy atom. The second kappa shape index (κ2) is 5.83. The Balaban J connectivity index is 2.27. The summed E-state index contributed by atoms with van der Waals surface area (Å²) >= 11 is 0. The van der Waals surface area contributed by atoms with Crippen molar-refractivity contribution in [2.75, 3.05) is 11.1 Å². The average Bonchev–Trinajstić information content (AvgIpc) is 2.40. The Labute approximate surface area is 123 Å². The number of nitrogens with two attached hydrogens (primary N) is 2. The number of hydrogen-bond donors (Lipinski definition) is 3. The maximum absolute atomic E-state index is 11.4. The molecule has 0 aliphatic heterocycles. The minimum atomic E-state index is -3.81. The van der Waals surface area contributed by atoms with Crippen LogP contribution in [-0.2, 0) is 16.4 Å². The van der Waals surface area contributed by atoms with Crippen LogP contribution in [0.3, 0.4) is 0 Å². The molecule has 0 saturated heterocycles. The number of nitriles is 1. The van der Waals surface area contributed by atoms with E-state index in [1.165, 1.54) is 12.1 Å². The van der Waals surface area contributed by atoms with Gasteiger partial charge in [-0.2, -0.15) is 5.26 Å². The topological polar surface area (TPSA) is 122 Å². The molecule has 0 aliphatic rings. The van der Waals surface area contributed by atoms with Gasteiger partial charge in [0.2, 0.25) is 10.0 Å². The van der Waals surface area contributed by atoms with E-state index in [0.29, 0.717) is 17.8 Å². The molecule has 108 valence electrons. The van der Waals surface area contributed by atoms with Gasteiger partial charge in [0, 0.05) is 17.1 Å². The number of hydrogen-bond acceptors (Lipinski definition) is 5. The van der Waals surface area contributed by atoms with Crippen LogP contribution in [0.2, 0.25) is 0 Å². The summed E-state index contributed by atoms with van der Waals surface area (Å²) < 4.78 is 22.7. The lowest BCUT2D eigenvalue weighted by atomic mass is 10.1. The summed E-state index contributed by atoms with van der Waals surface area (Å²) in [6.07, 6.45) is 0.341. The molecule has 0 saturated carbocycles. The molecule has 0 heterocycles. The van der Waals surface area contributed by atoms with E-state index in [1.54, 1.807) is 18.2 Å². The van der Waals surface area contributed by atoms with Gasteiger partial charge in [-0.25, -0.2) is 13.6 Å². The number of nitrogens with zero attached hydrogens (tertiary/aromatic N) is 1. The van der Waals surface area contributed by atoms with Gasteiger partial charge in [-0.05, 0) is 35.9 Å². The van der Waals surface area contributed by atoms with Crippen LogP contribution in [0.4, 0.5) is 17.1 Å². The molecule has 0 aliphatic carbocycles. The Bertz CT molecular complexity index is 793. The number of nitrogen functional groups attached to an aromatic ring is 1. The van der Waals surface area contributed by atoms with Crippen molar-refractivity contribution in [3.05, 3.63) is 48.0 Å². The molecule has 0 spiro atoms. The minimum Gasteiger partial charge on any atom is -0.399 e. The molecule has 0 bridgehead atoms. The van der Waals surface area contributed by atoms with Crippen LogP contribution < -0.4 is 16.2 Å². The quantitative estimate of drug-likeness (QED) is 0.742. The third-order valence-electron chi connectivity index (χ3n) is 2.78. The molecule has 0 amide bonds. The molecule has 2 aromatic rings. The molecule has 2 aromatic carbocycles. The standard InChI is InChI=1S/C14H14N4O2S/c15-6-5-10-1-3-12(4-2-10)18-13-7-11(16)8-14(9-13)21(17,19)20/h1-4,7-9,18H,5,16H2,(H2,17,19,20). The highest BCUT2D eigenvalue weighted by Gasteiger charge is 2.10. The molecule has 0 atom stereocenters. The lowest BCUT2D eigenvalue weighted by Gasteiger charge is -2.09. The molecule has 21 heavy (non-hydrogen) atoms. The first-order valence-corrected chi connectivity index (χ1v) is 7.59. The first kappa shape index (κ1) is 14.8. The van der Waals surface area contributed by atoms with Crippen LogP contribution in [0.25, 0.3) is 0 Å². The van der Waals surface area contributed by atoms with Crippen molar-refractivity contribution in [1.29, 1.82) is 5.26 Å². The van der Waals surface area contributed by atoms with Crippen LogP contribution in [-0.4, -0.2) is 8.42 Å². The average molecular weight is 302 g/mol. The zero-order valence-corrected chi connectivity index (χ0v) is 11.9. The third-order valence-corrected chi connectivity index (χ3v) is 3.68. The summed E-state index contributed by atoms with van der Waals surface area (Å²) in [6.45, 7) is 0. The SMILES string of the molecule is N#CCc1ccc(Nc2cc(N)cc(S(N)(=O)=O)c2)cc1. The van der Waals surface area contributed by atoms with Crippen molar-refractivity contribution in [2.24, 2.45) is 5.14 Å². The molecule has 0 radical (unpaired) electrons. The summed E-state index contributed by atoms with van der Waals surface area (Å²) in [5.74, 6) is 0. The summed E-state index contributed by atoms with van der Waals surface area (Å²) in [6, 6.07) is 13.6. The molecular weight excluding hydrogens is 288 g/mol. The van der Waals surface area contributed by atoms with Crippen molar-refractivity contribution >= 4 is 27.1 Å². The van der Waals surface area contributed by atoms with Crippen LogP contribution in [0.1, 0.15) is 5.56 Å². The largest absolute Gasteiger partial charge is 0.399 e. The van der Waals surface area contributed by atoms with E-state index >= 15 is 0 Å². The fourth-order valence-electron chi connectivity index (χ4n) is 1.82. The highest BCUT2D eigenvalue weighted by Crippen LogP contribution is 2.23. The molecule has 0 fully saturated rings. The van der Waals surface area contributed by atoms with E-state index in [-0.39, 0.29) is 4.90 Å². The van der Waals surface area contributed by atoms with Gasteiger partial charge in [-0.1, -0.05) is 12.1 Å². The highest BCUT2D eigenvalue weighted by molar-refractivity contribution is 7.89. The van der Waals surface area contributed by atoms with Crippen molar-refractivity contribution in [3.8, 4) is 6.07 Å². The summed E-state index contributed by atoms with van der Waals surface area (Å²) in [5, 5.41) is 16.8. The predicted octanol–water partition coefficient (Wildman–Crippen LogP) is 1.73. The molecule has 6 nitrogen and oxygen atoms in total. The minimum absolute atomic E-state index is 0.0499. The van der Waals surface area contributed by atoms with Crippen molar-refractivity contribution in [2.45, 2.75) is 11.3 Å². The first-order valence-electron chi connectivity index (χ1n) is 6.05. The highest BCUT2D eigenvalue weighted by atomic mass is 32.2. The van der Waals surface area contributed by atoms with Gasteiger partial charge in [-0.3, -0.25) is 0 Å². The number of sulfonamides is 1. The van der Waals surface area contributed by atoms with Crippen LogP contribution in [0.15, 0.2) is 47.4 Å². The lowest BCUT2D eigenvalue weighted by molar-refractivity contribution is 0.598. The fraction of sp³-hybridized carbons (Fsp3) is 0.0714. The Morgan fingerprint density at radius 2 is 1.76 bits per heavy atom. The third kappa shape index (κ3) is 3.95. The Kier molecular flexibility index (Phi) is 4.12. The van der Waals surface area contributed by atoms with E-state index in [2.05, 4.69) is 11.4 Å². The zero-order chi connectivity index (χ0) is 15.5. The zero-order valence-electron chi connectivity index (χ0n) is 11.1. The number of nitrogens with one attached hydrogen (secondary N) is 1. The van der Waals surface area contributed by atoms with Gasteiger partial charge in [0.05, 0.1) is 17.4 Å². The molecular formula is C14H14N4O2S. The van der Waals surface area contributed by atoms with Gasteiger partial charge >= 0.3 is 0 Å². The van der Waals surface area contributed by atoms with Gasteiger partial charge in [0.15, 0.2) is 0 Å². The van der Waals surface area contributed by atoms with E-state index in [4.69, 9.17) is 16.1 Å². The first-order chi connectivity index (χ1) is 9.88. The second-order valence-corrected chi connectivity index (χ2v) is 6.05. The maximum Gasteiger partial charge on any atom is 0.238 e. The summed E-state index contributed by atoms with van der Waals surface area (Å²) in [7, 11) is -3.81. The van der Waals surface area contributed by atoms with Crippen LogP contribution in [0.5, 0.6) is 0 Å². The van der Waals surface area contributed by atoms with Crippen molar-refractivity contribution in [3.63, 3.8) is 0 Å².